The van der Waals surface area contributed by atoms with E-state index in [-0.39, 0.29) is 18.4 Å². The minimum absolute atomic E-state index is 0.0463. The molecule has 5 heteroatoms. The summed E-state index contributed by atoms with van der Waals surface area (Å²) in [5.74, 6) is 0.479. The van der Waals surface area contributed by atoms with Crippen molar-refractivity contribution in [2.24, 2.45) is 0 Å². The number of furan rings is 1. The van der Waals surface area contributed by atoms with Crippen LogP contribution in [0, 0.1) is 0 Å². The van der Waals surface area contributed by atoms with Gasteiger partial charge in [0.1, 0.15) is 5.76 Å². The molecule has 1 aromatic rings. The van der Waals surface area contributed by atoms with Crippen LogP contribution in [0.5, 0.6) is 0 Å². The normalized spacial score (nSPS) is 13.0. The van der Waals surface area contributed by atoms with Gasteiger partial charge in [0.2, 0.25) is 5.76 Å². The first kappa shape index (κ1) is 15.7. The van der Waals surface area contributed by atoms with Gasteiger partial charge in [0, 0.05) is 19.2 Å². The summed E-state index contributed by atoms with van der Waals surface area (Å²) in [6.45, 7) is 7.17. The highest BCUT2D eigenvalue weighted by Gasteiger charge is 2.22. The Kier molecular flexibility index (Phi) is 6.05. The molecule has 1 atom stereocenters. The fourth-order valence-electron chi connectivity index (χ4n) is 2.10. The lowest BCUT2D eigenvalue weighted by molar-refractivity contribution is 0.0556. The lowest BCUT2D eigenvalue weighted by Gasteiger charge is -2.31. The Morgan fingerprint density at radius 2 is 2.11 bits per heavy atom. The molecule has 108 valence electrons. The van der Waals surface area contributed by atoms with E-state index in [0.29, 0.717) is 12.5 Å². The van der Waals surface area contributed by atoms with Gasteiger partial charge in [0.05, 0.1) is 13.2 Å². The molecule has 0 radical (unpaired) electrons. The van der Waals surface area contributed by atoms with E-state index in [1.54, 1.807) is 12.1 Å². The van der Waals surface area contributed by atoms with E-state index in [9.17, 15) is 4.79 Å². The smallest absolute Gasteiger partial charge is 0.373 e. The van der Waals surface area contributed by atoms with Crippen LogP contribution in [-0.2, 0) is 4.74 Å². The van der Waals surface area contributed by atoms with Gasteiger partial charge in [-0.15, -0.1) is 0 Å². The number of carbonyl (C=O) groups is 1. The maximum atomic E-state index is 11.4. The van der Waals surface area contributed by atoms with Crippen LogP contribution in [0.3, 0.4) is 0 Å². The first-order valence-corrected chi connectivity index (χ1v) is 6.56. The highest BCUT2D eigenvalue weighted by molar-refractivity contribution is 5.86. The lowest BCUT2D eigenvalue weighted by Crippen LogP contribution is -2.34. The van der Waals surface area contributed by atoms with E-state index >= 15 is 0 Å². The number of esters is 1. The predicted molar refractivity (Wildman–Crippen MR) is 72.0 cm³/mol. The fraction of sp³-hybridized carbons (Fsp3) is 0.643. The van der Waals surface area contributed by atoms with Crippen molar-refractivity contribution in [3.63, 3.8) is 0 Å². The van der Waals surface area contributed by atoms with Crippen molar-refractivity contribution in [2.75, 3.05) is 20.3 Å². The fourth-order valence-corrected chi connectivity index (χ4v) is 2.10. The highest BCUT2D eigenvalue weighted by Crippen LogP contribution is 2.24. The Hall–Kier alpha value is -1.33. The molecule has 0 aliphatic rings. The molecule has 1 unspecified atom stereocenters. The van der Waals surface area contributed by atoms with E-state index in [1.165, 1.54) is 7.11 Å². The SMILES string of the molecule is COC(=O)c1ccc(C(C)N(CCCO)C(C)C)o1. The molecule has 0 aromatic carbocycles. The molecule has 0 aliphatic carbocycles. The van der Waals surface area contributed by atoms with Crippen LogP contribution in [0.15, 0.2) is 16.5 Å². The lowest BCUT2D eigenvalue weighted by atomic mass is 10.1. The minimum atomic E-state index is -0.468. The number of hydrogen-bond donors (Lipinski definition) is 1. The van der Waals surface area contributed by atoms with Gasteiger partial charge in [-0.1, -0.05) is 0 Å². The number of ether oxygens (including phenoxy) is 1. The highest BCUT2D eigenvalue weighted by atomic mass is 16.5. The van der Waals surface area contributed by atoms with Crippen LogP contribution < -0.4 is 0 Å². The van der Waals surface area contributed by atoms with Gasteiger partial charge in [-0.25, -0.2) is 4.79 Å². The number of hydrogen-bond acceptors (Lipinski definition) is 5. The summed E-state index contributed by atoms with van der Waals surface area (Å²) in [5, 5.41) is 8.95. The maximum Gasteiger partial charge on any atom is 0.373 e. The Labute approximate surface area is 114 Å². The van der Waals surface area contributed by atoms with Crippen LogP contribution in [-0.4, -0.2) is 42.3 Å². The molecule has 1 N–H and O–H groups in total. The molecule has 5 nitrogen and oxygen atoms in total. The van der Waals surface area contributed by atoms with Crippen molar-refractivity contribution in [1.82, 2.24) is 4.90 Å². The van der Waals surface area contributed by atoms with Crippen LogP contribution in [0.25, 0.3) is 0 Å². The molecule has 0 saturated carbocycles. The zero-order valence-corrected chi connectivity index (χ0v) is 12.0. The summed E-state index contributed by atoms with van der Waals surface area (Å²) >= 11 is 0. The van der Waals surface area contributed by atoms with E-state index < -0.39 is 5.97 Å². The Balaban J connectivity index is 2.81. The molecule has 0 spiro atoms. The largest absolute Gasteiger partial charge is 0.463 e. The molecule has 1 aromatic heterocycles. The zero-order valence-electron chi connectivity index (χ0n) is 12.0. The van der Waals surface area contributed by atoms with E-state index in [4.69, 9.17) is 9.52 Å². The molecular weight excluding hydrogens is 246 g/mol. The Bertz CT molecular complexity index is 400. The molecular formula is C14H23NO4. The van der Waals surface area contributed by atoms with Crippen LogP contribution >= 0.6 is 0 Å². The average molecular weight is 269 g/mol. The van der Waals surface area contributed by atoms with E-state index in [2.05, 4.69) is 23.5 Å². The topological polar surface area (TPSA) is 62.9 Å². The van der Waals surface area contributed by atoms with Crippen LogP contribution in [0.1, 0.15) is 49.5 Å². The van der Waals surface area contributed by atoms with Crippen LogP contribution in [0.2, 0.25) is 0 Å². The van der Waals surface area contributed by atoms with Gasteiger partial charge in [-0.2, -0.15) is 0 Å². The molecule has 0 fully saturated rings. The van der Waals surface area contributed by atoms with E-state index in [0.717, 1.165) is 12.3 Å². The van der Waals surface area contributed by atoms with Gasteiger partial charge in [-0.3, -0.25) is 4.90 Å². The summed E-state index contributed by atoms with van der Waals surface area (Å²) in [5.41, 5.74) is 0. The monoisotopic (exact) mass is 269 g/mol. The minimum Gasteiger partial charge on any atom is -0.463 e. The van der Waals surface area contributed by atoms with Gasteiger partial charge < -0.3 is 14.3 Å². The molecule has 1 rings (SSSR count). The third-order valence-electron chi connectivity index (χ3n) is 3.16. The van der Waals surface area contributed by atoms with Crippen LogP contribution in [0.4, 0.5) is 0 Å². The summed E-state index contributed by atoms with van der Waals surface area (Å²) in [4.78, 5) is 13.6. The van der Waals surface area contributed by atoms with Crippen molar-refractivity contribution in [2.45, 2.75) is 39.3 Å². The third kappa shape index (κ3) is 4.08. The van der Waals surface area contributed by atoms with Crippen molar-refractivity contribution >= 4 is 5.97 Å². The summed E-state index contributed by atoms with van der Waals surface area (Å²) in [6.07, 6.45) is 0.715. The third-order valence-corrected chi connectivity index (χ3v) is 3.16. The number of aliphatic hydroxyl groups is 1. The number of carbonyl (C=O) groups excluding carboxylic acids is 1. The molecule has 0 amide bonds. The number of aliphatic hydroxyl groups excluding tert-OH is 1. The standard InChI is InChI=1S/C14H23NO4/c1-10(2)15(8-5-9-16)11(3)12-6-7-13(19-12)14(17)18-4/h6-7,10-11,16H,5,8-9H2,1-4H3. The van der Waals surface area contributed by atoms with Crippen molar-refractivity contribution in [1.29, 1.82) is 0 Å². The summed E-state index contributed by atoms with van der Waals surface area (Å²) in [6, 6.07) is 3.80. The van der Waals surface area contributed by atoms with Crippen molar-refractivity contribution in [3.05, 3.63) is 23.7 Å². The van der Waals surface area contributed by atoms with Crippen molar-refractivity contribution < 1.29 is 19.1 Å². The second-order valence-corrected chi connectivity index (χ2v) is 4.78. The van der Waals surface area contributed by atoms with Gasteiger partial charge in [0.15, 0.2) is 0 Å². The maximum absolute atomic E-state index is 11.4. The Morgan fingerprint density at radius 1 is 1.42 bits per heavy atom. The number of rotatable bonds is 7. The molecule has 0 bridgehead atoms. The van der Waals surface area contributed by atoms with Gasteiger partial charge >= 0.3 is 5.97 Å². The molecule has 0 saturated heterocycles. The Morgan fingerprint density at radius 3 is 2.63 bits per heavy atom. The molecule has 1 heterocycles. The second kappa shape index (κ2) is 7.31. The number of nitrogens with zero attached hydrogens (tertiary/aromatic N) is 1. The molecule has 19 heavy (non-hydrogen) atoms. The molecule has 0 aliphatic heterocycles. The first-order chi connectivity index (χ1) is 9.01. The average Bonchev–Trinajstić information content (AvgIpc) is 2.87. The van der Waals surface area contributed by atoms with Gasteiger partial charge in [-0.05, 0) is 39.3 Å². The van der Waals surface area contributed by atoms with Gasteiger partial charge in [0.25, 0.3) is 0 Å². The van der Waals surface area contributed by atoms with Crippen molar-refractivity contribution in [3.8, 4) is 0 Å². The first-order valence-electron chi connectivity index (χ1n) is 6.56. The number of methoxy groups -OCH3 is 1. The quantitative estimate of drug-likeness (QED) is 0.769. The predicted octanol–water partition coefficient (Wildman–Crippen LogP) is 2.22. The zero-order chi connectivity index (χ0) is 14.4. The summed E-state index contributed by atoms with van der Waals surface area (Å²) in [7, 11) is 1.33. The summed E-state index contributed by atoms with van der Waals surface area (Å²) < 4.78 is 10.2. The van der Waals surface area contributed by atoms with E-state index in [1.807, 2.05) is 6.92 Å². The second-order valence-electron chi connectivity index (χ2n) is 4.78.